The zero-order valence-corrected chi connectivity index (χ0v) is 18.7. The standard InChI is InChI=1S/C24H22N2O5S/c1-24(2)16-7-4-5-8-17(16)26(3)20(24)13-15(27)14-31-23(29)19-10-11-21(32-19)25-22(28)18-9-6-12-30-18/h4-13H,14H2,1-3H3,(H,25,28)/b20-13-. The molecule has 0 radical (unpaired) electrons. The van der Waals surface area contributed by atoms with Crippen LogP contribution in [0.3, 0.4) is 0 Å². The normalized spacial score (nSPS) is 15.5. The van der Waals surface area contributed by atoms with Crippen molar-refractivity contribution in [1.82, 2.24) is 0 Å². The number of ether oxygens (including phenoxy) is 1. The number of furan rings is 1. The van der Waals surface area contributed by atoms with Gasteiger partial charge in [-0.25, -0.2) is 4.79 Å². The first-order valence-corrected chi connectivity index (χ1v) is 10.8. The van der Waals surface area contributed by atoms with E-state index in [-0.39, 0.29) is 28.4 Å². The van der Waals surface area contributed by atoms with Crippen molar-refractivity contribution in [2.75, 3.05) is 23.9 Å². The van der Waals surface area contributed by atoms with Gasteiger partial charge in [0.05, 0.1) is 11.3 Å². The predicted octanol–water partition coefficient (Wildman–Crippen LogP) is 4.63. The van der Waals surface area contributed by atoms with Gasteiger partial charge in [0.15, 0.2) is 18.2 Å². The monoisotopic (exact) mass is 450 g/mol. The Balaban J connectivity index is 1.37. The zero-order valence-electron chi connectivity index (χ0n) is 17.9. The fraction of sp³-hybridized carbons (Fsp3) is 0.208. The smallest absolute Gasteiger partial charge is 0.348 e. The van der Waals surface area contributed by atoms with Gasteiger partial charge in [0.2, 0.25) is 0 Å². The highest BCUT2D eigenvalue weighted by atomic mass is 32.1. The SMILES string of the molecule is CN1/C(=C\C(=O)COC(=O)c2ccc(NC(=O)c3ccco3)s2)C(C)(C)c2ccccc21. The van der Waals surface area contributed by atoms with Crippen LogP contribution < -0.4 is 10.2 Å². The van der Waals surface area contributed by atoms with Crippen LogP contribution in [0.5, 0.6) is 0 Å². The highest BCUT2D eigenvalue weighted by Crippen LogP contribution is 2.46. The van der Waals surface area contributed by atoms with Crippen LogP contribution in [0.1, 0.15) is 39.6 Å². The number of rotatable bonds is 6. The summed E-state index contributed by atoms with van der Waals surface area (Å²) in [6.45, 7) is 3.75. The van der Waals surface area contributed by atoms with E-state index in [9.17, 15) is 14.4 Å². The number of nitrogens with zero attached hydrogens (tertiary/aromatic N) is 1. The highest BCUT2D eigenvalue weighted by Gasteiger charge is 2.38. The van der Waals surface area contributed by atoms with E-state index in [0.29, 0.717) is 5.00 Å². The number of hydrogen-bond acceptors (Lipinski definition) is 7. The van der Waals surface area contributed by atoms with Crippen LogP contribution in [0.25, 0.3) is 0 Å². The fourth-order valence-electron chi connectivity index (χ4n) is 3.76. The van der Waals surface area contributed by atoms with Crippen molar-refractivity contribution >= 4 is 39.7 Å². The van der Waals surface area contributed by atoms with Crippen LogP contribution in [0.15, 0.2) is 71.0 Å². The van der Waals surface area contributed by atoms with Crippen molar-refractivity contribution in [3.63, 3.8) is 0 Å². The Hall–Kier alpha value is -3.65. The number of esters is 1. The average Bonchev–Trinajstić information content (AvgIpc) is 3.50. The first-order valence-electron chi connectivity index (χ1n) is 9.97. The number of fused-ring (bicyclic) bond motifs is 1. The van der Waals surface area contributed by atoms with Crippen molar-refractivity contribution in [3.8, 4) is 0 Å². The van der Waals surface area contributed by atoms with Crippen LogP contribution in [0.2, 0.25) is 0 Å². The van der Waals surface area contributed by atoms with Crippen LogP contribution in [0.4, 0.5) is 10.7 Å². The van der Waals surface area contributed by atoms with Gasteiger partial charge in [0.1, 0.15) is 4.88 Å². The first kappa shape index (κ1) is 21.6. The molecule has 0 saturated carbocycles. The van der Waals surface area contributed by atoms with Gasteiger partial charge in [0.25, 0.3) is 5.91 Å². The molecule has 1 aromatic carbocycles. The fourth-order valence-corrected chi connectivity index (χ4v) is 4.55. The van der Waals surface area contributed by atoms with Crippen LogP contribution >= 0.6 is 11.3 Å². The largest absolute Gasteiger partial charge is 0.459 e. The molecule has 1 aliphatic heterocycles. The van der Waals surface area contributed by atoms with Crippen molar-refractivity contribution in [2.24, 2.45) is 0 Å². The maximum absolute atomic E-state index is 12.6. The molecule has 8 heteroatoms. The van der Waals surface area contributed by atoms with Crippen molar-refractivity contribution in [2.45, 2.75) is 19.3 Å². The summed E-state index contributed by atoms with van der Waals surface area (Å²) in [5.74, 6) is -1.17. The third-order valence-electron chi connectivity index (χ3n) is 5.37. The first-order chi connectivity index (χ1) is 15.3. The van der Waals surface area contributed by atoms with E-state index >= 15 is 0 Å². The molecule has 1 N–H and O–H groups in total. The molecule has 4 rings (SSSR count). The van der Waals surface area contributed by atoms with Crippen LogP contribution in [-0.4, -0.2) is 31.3 Å². The lowest BCUT2D eigenvalue weighted by Gasteiger charge is -2.23. The van der Waals surface area contributed by atoms with E-state index < -0.39 is 11.9 Å². The number of anilines is 2. The van der Waals surface area contributed by atoms with Crippen molar-refractivity contribution in [1.29, 1.82) is 0 Å². The summed E-state index contributed by atoms with van der Waals surface area (Å²) >= 11 is 1.06. The van der Waals surface area contributed by atoms with E-state index in [1.165, 1.54) is 18.4 Å². The summed E-state index contributed by atoms with van der Waals surface area (Å²) in [4.78, 5) is 39.2. The number of hydrogen-bond donors (Lipinski definition) is 1. The molecule has 32 heavy (non-hydrogen) atoms. The Morgan fingerprint density at radius 3 is 2.62 bits per heavy atom. The number of allylic oxidation sites excluding steroid dienone is 1. The summed E-state index contributed by atoms with van der Waals surface area (Å²) in [6, 6.07) is 14.3. The molecule has 0 fully saturated rings. The summed E-state index contributed by atoms with van der Waals surface area (Å²) < 4.78 is 10.2. The van der Waals surface area contributed by atoms with Crippen LogP contribution in [0, 0.1) is 0 Å². The lowest BCUT2D eigenvalue weighted by atomic mass is 9.83. The van der Waals surface area contributed by atoms with E-state index in [1.54, 1.807) is 18.2 Å². The number of thiophene rings is 1. The highest BCUT2D eigenvalue weighted by molar-refractivity contribution is 7.18. The number of nitrogens with one attached hydrogen (secondary N) is 1. The second-order valence-corrected chi connectivity index (χ2v) is 8.95. The topological polar surface area (TPSA) is 88.9 Å². The minimum Gasteiger partial charge on any atom is -0.459 e. The minimum atomic E-state index is -0.623. The number of carbonyl (C=O) groups is 3. The Labute approximate surface area is 189 Å². The van der Waals surface area contributed by atoms with E-state index in [2.05, 4.69) is 25.2 Å². The number of benzene rings is 1. The quantitative estimate of drug-likeness (QED) is 0.435. The lowest BCUT2D eigenvalue weighted by Crippen LogP contribution is -2.25. The molecule has 3 heterocycles. The summed E-state index contributed by atoms with van der Waals surface area (Å²) in [7, 11) is 1.92. The molecule has 0 spiro atoms. The Morgan fingerprint density at radius 1 is 1.12 bits per heavy atom. The Bertz CT molecular complexity index is 1210. The van der Waals surface area contributed by atoms with Gasteiger partial charge in [0, 0.05) is 29.9 Å². The number of likely N-dealkylation sites (N-methyl/N-ethyl adjacent to an activating group) is 1. The summed E-state index contributed by atoms with van der Waals surface area (Å²) in [6.07, 6.45) is 2.94. The van der Waals surface area contributed by atoms with Gasteiger partial charge in [-0.15, -0.1) is 11.3 Å². The van der Waals surface area contributed by atoms with Gasteiger partial charge >= 0.3 is 5.97 Å². The van der Waals surface area contributed by atoms with Crippen molar-refractivity contribution in [3.05, 3.63) is 82.8 Å². The van der Waals surface area contributed by atoms with Gasteiger partial charge in [-0.05, 0) is 35.9 Å². The lowest BCUT2D eigenvalue weighted by molar-refractivity contribution is -0.117. The molecule has 0 bridgehead atoms. The average molecular weight is 451 g/mol. The van der Waals surface area contributed by atoms with Crippen molar-refractivity contribution < 1.29 is 23.5 Å². The number of carbonyl (C=O) groups excluding carboxylic acids is 3. The minimum absolute atomic E-state index is 0.170. The van der Waals surface area contributed by atoms with Crippen LogP contribution in [-0.2, 0) is 14.9 Å². The van der Waals surface area contributed by atoms with Gasteiger partial charge in [-0.1, -0.05) is 32.0 Å². The molecule has 0 aliphatic carbocycles. The second kappa shape index (κ2) is 8.47. The van der Waals surface area contributed by atoms with Gasteiger partial charge in [-0.3, -0.25) is 9.59 Å². The Morgan fingerprint density at radius 2 is 1.91 bits per heavy atom. The molecule has 0 unspecified atom stereocenters. The van der Waals surface area contributed by atoms with Gasteiger partial charge in [-0.2, -0.15) is 0 Å². The second-order valence-electron chi connectivity index (χ2n) is 7.87. The Kier molecular flexibility index (Phi) is 5.71. The predicted molar refractivity (Wildman–Crippen MR) is 122 cm³/mol. The maximum atomic E-state index is 12.6. The molecule has 7 nitrogen and oxygen atoms in total. The van der Waals surface area contributed by atoms with E-state index in [4.69, 9.17) is 9.15 Å². The molecule has 0 atom stereocenters. The van der Waals surface area contributed by atoms with Gasteiger partial charge < -0.3 is 19.4 Å². The van der Waals surface area contributed by atoms with E-state index in [1.807, 2.05) is 30.1 Å². The molecule has 1 aliphatic rings. The molecule has 3 aromatic rings. The molecule has 164 valence electrons. The molecule has 0 saturated heterocycles. The zero-order chi connectivity index (χ0) is 22.9. The molecular weight excluding hydrogens is 428 g/mol. The third kappa shape index (κ3) is 4.09. The summed E-state index contributed by atoms with van der Waals surface area (Å²) in [5, 5.41) is 3.12. The number of amides is 1. The third-order valence-corrected chi connectivity index (χ3v) is 6.35. The molecular formula is C24H22N2O5S. The number of para-hydroxylation sites is 1. The molecule has 1 amide bonds. The number of ketones is 1. The van der Waals surface area contributed by atoms with E-state index in [0.717, 1.165) is 28.3 Å². The summed E-state index contributed by atoms with van der Waals surface area (Å²) in [5.41, 5.74) is 2.70. The molecule has 2 aromatic heterocycles. The maximum Gasteiger partial charge on any atom is 0.348 e.